The van der Waals surface area contributed by atoms with Crippen LogP contribution in [0.25, 0.3) is 10.9 Å². The molecule has 0 aliphatic carbocycles. The Bertz CT molecular complexity index is 831. The number of nitrogens with zero attached hydrogens (tertiary/aromatic N) is 3. The molecule has 25 heavy (non-hydrogen) atoms. The highest BCUT2D eigenvalue weighted by Crippen LogP contribution is 2.54. The molecule has 0 N–H and O–H groups in total. The van der Waals surface area contributed by atoms with Crippen LogP contribution in [-0.2, 0) is 0 Å². The molecule has 0 saturated carbocycles. The van der Waals surface area contributed by atoms with E-state index in [1.165, 1.54) is 43.5 Å². The number of halogens is 1. The predicted molar refractivity (Wildman–Crippen MR) is 108 cm³/mol. The lowest BCUT2D eigenvalue weighted by atomic mass is 9.63. The summed E-state index contributed by atoms with van der Waals surface area (Å²) >= 11 is 2.41. The highest BCUT2D eigenvalue weighted by molar-refractivity contribution is 14.1. The molecule has 4 bridgehead atoms. The van der Waals surface area contributed by atoms with Crippen molar-refractivity contribution in [3.05, 3.63) is 33.5 Å². The van der Waals surface area contributed by atoms with Crippen LogP contribution in [-0.4, -0.2) is 48.1 Å². The summed E-state index contributed by atoms with van der Waals surface area (Å²) in [5.74, 6) is 0.867. The van der Waals surface area contributed by atoms with Gasteiger partial charge in [-0.05, 0) is 58.0 Å². The zero-order valence-electron chi connectivity index (χ0n) is 15.1. The lowest BCUT2D eigenvalue weighted by Crippen LogP contribution is -2.70. The van der Waals surface area contributed by atoms with Crippen molar-refractivity contribution >= 4 is 33.5 Å². The second kappa shape index (κ2) is 5.30. The van der Waals surface area contributed by atoms with Gasteiger partial charge in [-0.1, -0.05) is 13.8 Å². The van der Waals surface area contributed by atoms with Crippen LogP contribution in [0.2, 0.25) is 0 Å². The van der Waals surface area contributed by atoms with Gasteiger partial charge in [0.15, 0.2) is 0 Å². The fourth-order valence-corrected chi connectivity index (χ4v) is 6.54. The molecule has 4 saturated heterocycles. The van der Waals surface area contributed by atoms with Gasteiger partial charge in [-0.2, -0.15) is 0 Å². The van der Waals surface area contributed by atoms with Gasteiger partial charge in [0.05, 0.1) is 18.8 Å². The van der Waals surface area contributed by atoms with Crippen LogP contribution < -0.4 is 4.74 Å². The van der Waals surface area contributed by atoms with Crippen LogP contribution in [0.15, 0.2) is 24.3 Å². The van der Waals surface area contributed by atoms with Crippen LogP contribution in [0, 0.1) is 14.5 Å². The zero-order valence-corrected chi connectivity index (χ0v) is 17.2. The molecular weight excluding hydrogens is 425 g/mol. The van der Waals surface area contributed by atoms with Crippen LogP contribution in [0.3, 0.4) is 0 Å². The number of hydrogen-bond acceptors (Lipinski definition) is 4. The maximum Gasteiger partial charge on any atom is 0.121 e. The van der Waals surface area contributed by atoms with Gasteiger partial charge in [-0.15, -0.1) is 0 Å². The van der Waals surface area contributed by atoms with Gasteiger partial charge in [-0.25, -0.2) is 4.98 Å². The first-order chi connectivity index (χ1) is 11.9. The van der Waals surface area contributed by atoms with E-state index in [-0.39, 0.29) is 0 Å². The first kappa shape index (κ1) is 16.3. The van der Waals surface area contributed by atoms with Crippen molar-refractivity contribution < 1.29 is 4.74 Å². The summed E-state index contributed by atoms with van der Waals surface area (Å²) in [5, 5.41) is 1.20. The van der Waals surface area contributed by atoms with E-state index in [1.807, 2.05) is 12.1 Å². The largest absolute Gasteiger partial charge is 0.497 e. The van der Waals surface area contributed by atoms with Gasteiger partial charge >= 0.3 is 0 Å². The topological polar surface area (TPSA) is 28.6 Å². The number of fused-ring (bicyclic) bond motifs is 1. The minimum atomic E-state index is 0.382. The van der Waals surface area contributed by atoms with Crippen LogP contribution in [0.5, 0.6) is 5.75 Å². The Morgan fingerprint density at radius 2 is 1.72 bits per heavy atom. The van der Waals surface area contributed by atoms with Crippen molar-refractivity contribution in [1.29, 1.82) is 0 Å². The van der Waals surface area contributed by atoms with E-state index < -0.39 is 0 Å². The van der Waals surface area contributed by atoms with E-state index in [1.54, 1.807) is 7.11 Å². The fraction of sp³-hybridized carbons (Fsp3) is 0.550. The SMILES string of the molecule is COc1ccc2cc(C3N4CC5(C)CN3CC(C)(C4)C5)c(I)nc2c1. The average Bonchev–Trinajstić information content (AvgIpc) is 2.51. The van der Waals surface area contributed by atoms with Crippen molar-refractivity contribution in [3.8, 4) is 5.75 Å². The summed E-state index contributed by atoms with van der Waals surface area (Å²) in [4.78, 5) is 10.3. The number of methoxy groups -OCH3 is 1. The molecule has 6 rings (SSSR count). The molecule has 5 heteroatoms. The molecule has 4 fully saturated rings. The molecule has 4 nitrogen and oxygen atoms in total. The van der Waals surface area contributed by atoms with Gasteiger partial charge in [0, 0.05) is 43.2 Å². The molecule has 0 spiro atoms. The molecule has 0 unspecified atom stereocenters. The Kier molecular flexibility index (Phi) is 3.45. The van der Waals surface area contributed by atoms with E-state index in [9.17, 15) is 0 Å². The highest BCUT2D eigenvalue weighted by atomic mass is 127. The Balaban J connectivity index is 1.59. The molecule has 1 aromatic carbocycles. The van der Waals surface area contributed by atoms with Gasteiger partial charge in [0.2, 0.25) is 0 Å². The predicted octanol–water partition coefficient (Wildman–Crippen LogP) is 3.89. The number of benzene rings is 1. The average molecular weight is 449 g/mol. The molecule has 5 heterocycles. The third kappa shape index (κ3) is 2.50. The maximum absolute atomic E-state index is 5.35. The second-order valence-corrected chi connectivity index (χ2v) is 9.93. The number of piperidine rings is 2. The monoisotopic (exact) mass is 449 g/mol. The molecule has 0 atom stereocenters. The summed E-state index contributed by atoms with van der Waals surface area (Å²) < 4.78 is 6.47. The summed E-state index contributed by atoms with van der Waals surface area (Å²) in [6.45, 7) is 9.77. The molecular formula is C20H24IN3O. The molecule has 1 aromatic heterocycles. The molecule has 132 valence electrons. The summed E-state index contributed by atoms with van der Waals surface area (Å²) in [7, 11) is 1.71. The number of hydrogen-bond donors (Lipinski definition) is 0. The van der Waals surface area contributed by atoms with E-state index >= 15 is 0 Å². The van der Waals surface area contributed by atoms with Crippen LogP contribution >= 0.6 is 22.6 Å². The third-order valence-electron chi connectivity index (χ3n) is 6.17. The van der Waals surface area contributed by atoms with Crippen molar-refractivity contribution in [2.24, 2.45) is 10.8 Å². The number of pyridine rings is 1. The Morgan fingerprint density at radius 3 is 2.32 bits per heavy atom. The second-order valence-electron chi connectivity index (χ2n) is 8.91. The highest BCUT2D eigenvalue weighted by Gasteiger charge is 2.56. The van der Waals surface area contributed by atoms with Crippen LogP contribution in [0.4, 0.5) is 0 Å². The van der Waals surface area contributed by atoms with Crippen molar-refractivity contribution in [2.45, 2.75) is 26.4 Å². The minimum Gasteiger partial charge on any atom is -0.497 e. The van der Waals surface area contributed by atoms with Crippen molar-refractivity contribution in [3.63, 3.8) is 0 Å². The summed E-state index contributed by atoms with van der Waals surface area (Å²) in [6.07, 6.45) is 1.75. The van der Waals surface area contributed by atoms with Crippen molar-refractivity contribution in [2.75, 3.05) is 33.3 Å². The standard InChI is InChI=1S/C20H24IN3O/c1-19-8-20(2)11-23(9-19)18(24(10-19)12-20)15-6-13-4-5-14(25-3)7-16(13)22-17(15)21/h4-7,18H,8-12H2,1-3H3. The maximum atomic E-state index is 5.35. The summed E-state index contributed by atoms with van der Waals surface area (Å²) in [5.41, 5.74) is 3.28. The first-order valence-electron chi connectivity index (χ1n) is 9.01. The molecule has 0 radical (unpaired) electrons. The molecule has 2 aromatic rings. The fourth-order valence-electron chi connectivity index (χ4n) is 5.84. The van der Waals surface area contributed by atoms with E-state index in [0.29, 0.717) is 17.0 Å². The van der Waals surface area contributed by atoms with Gasteiger partial charge in [0.25, 0.3) is 0 Å². The Morgan fingerprint density at radius 1 is 1.08 bits per heavy atom. The molecule has 0 amide bonds. The first-order valence-corrected chi connectivity index (χ1v) is 10.1. The third-order valence-corrected chi connectivity index (χ3v) is 7.03. The lowest BCUT2D eigenvalue weighted by molar-refractivity contribution is -0.194. The van der Waals surface area contributed by atoms with Gasteiger partial charge in [-0.3, -0.25) is 9.80 Å². The molecule has 4 aliphatic heterocycles. The minimum absolute atomic E-state index is 0.382. The zero-order chi connectivity index (χ0) is 17.4. The van der Waals surface area contributed by atoms with Crippen LogP contribution in [0.1, 0.15) is 32.0 Å². The Labute approximate surface area is 162 Å². The van der Waals surface area contributed by atoms with E-state index in [2.05, 4.69) is 58.4 Å². The van der Waals surface area contributed by atoms with Gasteiger partial charge < -0.3 is 4.74 Å². The number of rotatable bonds is 2. The Hall–Kier alpha value is -0.920. The number of aromatic nitrogens is 1. The number of ether oxygens (including phenoxy) is 1. The lowest BCUT2D eigenvalue weighted by Gasteiger charge is -2.66. The van der Waals surface area contributed by atoms with Gasteiger partial charge in [0.1, 0.15) is 9.45 Å². The van der Waals surface area contributed by atoms with E-state index in [4.69, 9.17) is 9.72 Å². The van der Waals surface area contributed by atoms with E-state index in [0.717, 1.165) is 15.0 Å². The normalized spacial score (nSPS) is 39.1. The quantitative estimate of drug-likeness (QED) is 0.514. The smallest absolute Gasteiger partial charge is 0.121 e. The molecule has 4 aliphatic rings. The summed E-state index contributed by atoms with van der Waals surface area (Å²) in [6, 6.07) is 8.53. The van der Waals surface area contributed by atoms with Crippen molar-refractivity contribution in [1.82, 2.24) is 14.8 Å².